The Kier molecular flexibility index (Phi) is 3.46. The fourth-order valence-electron chi connectivity index (χ4n) is 1.22. The Morgan fingerprint density at radius 3 is 2.79 bits per heavy atom. The van der Waals surface area contributed by atoms with Crippen molar-refractivity contribution >= 4 is 5.57 Å². The van der Waals surface area contributed by atoms with Crippen LogP contribution in [0.5, 0.6) is 0 Å². The molecule has 2 nitrogen and oxygen atoms in total. The number of aromatic nitrogens is 1. The zero-order valence-electron chi connectivity index (χ0n) is 8.96. The fourth-order valence-corrected chi connectivity index (χ4v) is 1.22. The molecule has 0 saturated heterocycles. The normalized spacial score (nSPS) is 11.2. The van der Waals surface area contributed by atoms with Crippen molar-refractivity contribution in [3.05, 3.63) is 47.9 Å². The van der Waals surface area contributed by atoms with Crippen LogP contribution in [0.3, 0.4) is 0 Å². The van der Waals surface area contributed by atoms with Crippen LogP contribution in [0, 0.1) is 6.92 Å². The average molecular weight is 188 g/mol. The Bertz CT molecular complexity index is 364. The molecular weight excluding hydrogens is 172 g/mol. The summed E-state index contributed by atoms with van der Waals surface area (Å²) in [6.07, 6.45) is 1.92. The van der Waals surface area contributed by atoms with E-state index in [1.165, 1.54) is 0 Å². The van der Waals surface area contributed by atoms with Gasteiger partial charge >= 0.3 is 0 Å². The molecule has 0 aliphatic heterocycles. The monoisotopic (exact) mass is 188 g/mol. The van der Waals surface area contributed by atoms with Crippen molar-refractivity contribution in [2.45, 2.75) is 13.8 Å². The first kappa shape index (κ1) is 10.5. The van der Waals surface area contributed by atoms with E-state index in [1.807, 2.05) is 45.3 Å². The van der Waals surface area contributed by atoms with E-state index < -0.39 is 0 Å². The molecule has 0 spiro atoms. The smallest absolute Gasteiger partial charge is 0.0702 e. The van der Waals surface area contributed by atoms with Gasteiger partial charge in [0.15, 0.2) is 0 Å². The Morgan fingerprint density at radius 1 is 1.50 bits per heavy atom. The minimum Gasteiger partial charge on any atom is -0.394 e. The Balaban J connectivity index is 2.95. The zero-order chi connectivity index (χ0) is 10.6. The van der Waals surface area contributed by atoms with E-state index in [-0.39, 0.29) is 0 Å². The lowest BCUT2D eigenvalue weighted by molar-refractivity contribution is 1.08. The van der Waals surface area contributed by atoms with Gasteiger partial charge in [0.05, 0.1) is 5.69 Å². The number of allylic oxidation sites excluding steroid dienone is 2. The van der Waals surface area contributed by atoms with Crippen molar-refractivity contribution in [1.82, 2.24) is 10.3 Å². The third-order valence-corrected chi connectivity index (χ3v) is 2.03. The molecule has 0 aliphatic carbocycles. The van der Waals surface area contributed by atoms with Crippen LogP contribution < -0.4 is 5.32 Å². The molecule has 74 valence electrons. The van der Waals surface area contributed by atoms with Crippen LogP contribution in [-0.4, -0.2) is 12.0 Å². The summed E-state index contributed by atoms with van der Waals surface area (Å²) in [7, 11) is 1.88. The summed E-state index contributed by atoms with van der Waals surface area (Å²) < 4.78 is 0. The number of rotatable bonds is 3. The second-order valence-corrected chi connectivity index (χ2v) is 3.26. The number of pyridine rings is 1. The van der Waals surface area contributed by atoms with Gasteiger partial charge in [-0.25, -0.2) is 0 Å². The molecule has 0 fully saturated rings. The predicted octanol–water partition coefficient (Wildman–Crippen LogP) is 2.53. The highest BCUT2D eigenvalue weighted by Gasteiger charge is 2.01. The molecule has 0 atom stereocenters. The first-order valence-electron chi connectivity index (χ1n) is 4.62. The van der Waals surface area contributed by atoms with Gasteiger partial charge in [0.25, 0.3) is 0 Å². The summed E-state index contributed by atoms with van der Waals surface area (Å²) in [4.78, 5) is 4.41. The van der Waals surface area contributed by atoms with Gasteiger partial charge in [-0.3, -0.25) is 4.98 Å². The van der Waals surface area contributed by atoms with Gasteiger partial charge in [-0.05, 0) is 43.3 Å². The molecule has 0 unspecified atom stereocenters. The first-order chi connectivity index (χ1) is 6.65. The summed E-state index contributed by atoms with van der Waals surface area (Å²) >= 11 is 0. The molecular formula is C12H16N2. The summed E-state index contributed by atoms with van der Waals surface area (Å²) in [6, 6.07) is 5.95. The van der Waals surface area contributed by atoms with Crippen LogP contribution in [0.4, 0.5) is 0 Å². The number of hydrogen-bond acceptors (Lipinski definition) is 2. The van der Waals surface area contributed by atoms with Crippen LogP contribution >= 0.6 is 0 Å². The van der Waals surface area contributed by atoms with Gasteiger partial charge in [-0.15, -0.1) is 0 Å². The van der Waals surface area contributed by atoms with Crippen molar-refractivity contribution in [2.75, 3.05) is 7.05 Å². The molecule has 1 aromatic rings. The van der Waals surface area contributed by atoms with Crippen molar-refractivity contribution in [1.29, 1.82) is 0 Å². The maximum absolute atomic E-state index is 4.41. The minimum absolute atomic E-state index is 0.939. The molecule has 0 aliphatic rings. The van der Waals surface area contributed by atoms with Crippen molar-refractivity contribution in [3.8, 4) is 0 Å². The van der Waals surface area contributed by atoms with Gasteiger partial charge in [0.2, 0.25) is 0 Å². The van der Waals surface area contributed by atoms with Crippen molar-refractivity contribution in [3.63, 3.8) is 0 Å². The standard InChI is InChI=1S/C12H16N2/c1-9(8-13-4)11(3)12-7-5-6-10(2)14-12/h5-8,13H,3H2,1-2,4H3/b9-8-. The maximum Gasteiger partial charge on any atom is 0.0702 e. The average Bonchev–Trinajstić information content (AvgIpc) is 2.17. The summed E-state index contributed by atoms with van der Waals surface area (Å²) in [5, 5.41) is 2.98. The predicted molar refractivity (Wildman–Crippen MR) is 60.8 cm³/mol. The van der Waals surface area contributed by atoms with E-state index in [2.05, 4.69) is 16.9 Å². The molecule has 1 aromatic heterocycles. The molecule has 1 heterocycles. The van der Waals surface area contributed by atoms with E-state index >= 15 is 0 Å². The minimum atomic E-state index is 0.939. The van der Waals surface area contributed by atoms with E-state index in [4.69, 9.17) is 0 Å². The lowest BCUT2D eigenvalue weighted by Gasteiger charge is -2.06. The molecule has 0 amide bonds. The highest BCUT2D eigenvalue weighted by molar-refractivity contribution is 5.74. The first-order valence-corrected chi connectivity index (χ1v) is 4.62. The topological polar surface area (TPSA) is 24.9 Å². The number of nitrogens with one attached hydrogen (secondary N) is 1. The van der Waals surface area contributed by atoms with E-state index in [1.54, 1.807) is 0 Å². The van der Waals surface area contributed by atoms with Crippen LogP contribution in [0.15, 0.2) is 36.6 Å². The molecule has 2 heteroatoms. The SMILES string of the molecule is C=C(/C(C)=C\NC)c1cccc(C)n1. The maximum atomic E-state index is 4.41. The van der Waals surface area contributed by atoms with E-state index in [0.717, 1.165) is 22.5 Å². The van der Waals surface area contributed by atoms with E-state index in [0.29, 0.717) is 0 Å². The second-order valence-electron chi connectivity index (χ2n) is 3.26. The van der Waals surface area contributed by atoms with E-state index in [9.17, 15) is 0 Å². The summed E-state index contributed by atoms with van der Waals surface area (Å²) in [5.41, 5.74) is 4.02. The summed E-state index contributed by atoms with van der Waals surface area (Å²) in [5.74, 6) is 0. The fraction of sp³-hybridized carbons (Fsp3) is 0.250. The van der Waals surface area contributed by atoms with Gasteiger partial charge in [0, 0.05) is 12.7 Å². The van der Waals surface area contributed by atoms with Gasteiger partial charge < -0.3 is 5.32 Å². The van der Waals surface area contributed by atoms with Crippen LogP contribution in [0.1, 0.15) is 18.3 Å². The molecule has 0 radical (unpaired) electrons. The number of nitrogens with zero attached hydrogens (tertiary/aromatic N) is 1. The molecule has 1 rings (SSSR count). The van der Waals surface area contributed by atoms with Gasteiger partial charge in [-0.2, -0.15) is 0 Å². The van der Waals surface area contributed by atoms with Crippen LogP contribution in [-0.2, 0) is 0 Å². The third kappa shape index (κ3) is 2.46. The molecule has 0 bridgehead atoms. The zero-order valence-corrected chi connectivity index (χ0v) is 8.96. The van der Waals surface area contributed by atoms with Gasteiger partial charge in [0.1, 0.15) is 0 Å². The number of hydrogen-bond donors (Lipinski definition) is 1. The molecule has 14 heavy (non-hydrogen) atoms. The molecule has 0 saturated carbocycles. The lowest BCUT2D eigenvalue weighted by Crippen LogP contribution is -1.97. The van der Waals surface area contributed by atoms with Crippen molar-refractivity contribution in [2.24, 2.45) is 0 Å². The Morgan fingerprint density at radius 2 is 2.21 bits per heavy atom. The molecule has 1 N–H and O–H groups in total. The van der Waals surface area contributed by atoms with Crippen molar-refractivity contribution < 1.29 is 0 Å². The quantitative estimate of drug-likeness (QED) is 0.737. The van der Waals surface area contributed by atoms with Gasteiger partial charge in [-0.1, -0.05) is 12.6 Å². The van der Waals surface area contributed by atoms with Crippen LogP contribution in [0.25, 0.3) is 5.57 Å². The third-order valence-electron chi connectivity index (χ3n) is 2.03. The lowest BCUT2D eigenvalue weighted by atomic mass is 10.1. The molecule has 0 aromatic carbocycles. The second kappa shape index (κ2) is 4.61. The highest BCUT2D eigenvalue weighted by atomic mass is 14.8. The Labute approximate surface area is 85.4 Å². The Hall–Kier alpha value is -1.57. The largest absolute Gasteiger partial charge is 0.394 e. The van der Waals surface area contributed by atoms with Crippen LogP contribution in [0.2, 0.25) is 0 Å². The highest BCUT2D eigenvalue weighted by Crippen LogP contribution is 2.17. The summed E-state index contributed by atoms with van der Waals surface area (Å²) in [6.45, 7) is 8.01. The number of aryl methyl sites for hydroxylation is 1.